The summed E-state index contributed by atoms with van der Waals surface area (Å²) in [5, 5.41) is 21.5. The smallest absolute Gasteiger partial charge is 0.337 e. The SMILES string of the molecule is Cc1cc(NCC2(CO)CC2)cc(C(=O)O)c1N. The number of carbonyl (C=O) groups is 1. The summed E-state index contributed by atoms with van der Waals surface area (Å²) in [5.41, 5.74) is 7.61. The molecule has 0 heterocycles. The molecule has 5 heteroatoms. The highest BCUT2D eigenvalue weighted by Crippen LogP contribution is 2.45. The highest BCUT2D eigenvalue weighted by molar-refractivity contribution is 5.95. The number of hydrogen-bond donors (Lipinski definition) is 4. The molecule has 1 aliphatic carbocycles. The molecule has 5 nitrogen and oxygen atoms in total. The normalized spacial score (nSPS) is 16.3. The van der Waals surface area contributed by atoms with Crippen molar-refractivity contribution in [2.24, 2.45) is 5.41 Å². The fraction of sp³-hybridized carbons (Fsp3) is 0.462. The molecule has 2 rings (SSSR count). The van der Waals surface area contributed by atoms with Gasteiger partial charge in [-0.1, -0.05) is 0 Å². The summed E-state index contributed by atoms with van der Waals surface area (Å²) in [6, 6.07) is 3.37. The van der Waals surface area contributed by atoms with Crippen molar-refractivity contribution in [3.05, 3.63) is 23.3 Å². The van der Waals surface area contributed by atoms with Gasteiger partial charge >= 0.3 is 5.97 Å². The maximum absolute atomic E-state index is 11.0. The third-order valence-electron chi connectivity index (χ3n) is 3.58. The molecule has 0 aromatic heterocycles. The number of aromatic carboxylic acids is 1. The van der Waals surface area contributed by atoms with Gasteiger partial charge in [0.15, 0.2) is 0 Å². The molecule has 0 bridgehead atoms. The lowest BCUT2D eigenvalue weighted by molar-refractivity contribution is 0.0698. The summed E-state index contributed by atoms with van der Waals surface area (Å²) >= 11 is 0. The Balaban J connectivity index is 2.16. The molecular formula is C13H18N2O3. The molecule has 1 aliphatic rings. The summed E-state index contributed by atoms with van der Waals surface area (Å²) < 4.78 is 0. The van der Waals surface area contributed by atoms with Crippen LogP contribution in [0.5, 0.6) is 0 Å². The van der Waals surface area contributed by atoms with E-state index in [1.54, 1.807) is 6.92 Å². The Morgan fingerprint density at radius 2 is 2.17 bits per heavy atom. The topological polar surface area (TPSA) is 95.6 Å². The largest absolute Gasteiger partial charge is 0.478 e. The lowest BCUT2D eigenvalue weighted by Crippen LogP contribution is -2.19. The van der Waals surface area contributed by atoms with Crippen LogP contribution in [0.4, 0.5) is 11.4 Å². The summed E-state index contributed by atoms with van der Waals surface area (Å²) in [4.78, 5) is 11.0. The fourth-order valence-electron chi connectivity index (χ4n) is 1.93. The number of aliphatic hydroxyl groups excluding tert-OH is 1. The van der Waals surface area contributed by atoms with E-state index in [-0.39, 0.29) is 17.6 Å². The predicted octanol–water partition coefficient (Wildman–Crippen LogP) is 1.46. The third-order valence-corrected chi connectivity index (χ3v) is 3.58. The minimum atomic E-state index is -1.03. The van der Waals surface area contributed by atoms with Gasteiger partial charge in [0.2, 0.25) is 0 Å². The molecule has 5 N–H and O–H groups in total. The Morgan fingerprint density at radius 3 is 2.67 bits per heavy atom. The van der Waals surface area contributed by atoms with Crippen LogP contribution in [0.3, 0.4) is 0 Å². The quantitative estimate of drug-likeness (QED) is 0.593. The van der Waals surface area contributed by atoms with Gasteiger partial charge in [0.1, 0.15) is 0 Å². The summed E-state index contributed by atoms with van der Waals surface area (Å²) in [6.07, 6.45) is 2.02. The van der Waals surface area contributed by atoms with E-state index in [4.69, 9.17) is 10.8 Å². The molecule has 1 aromatic carbocycles. The van der Waals surface area contributed by atoms with Crippen LogP contribution in [0, 0.1) is 12.3 Å². The zero-order valence-corrected chi connectivity index (χ0v) is 10.4. The van der Waals surface area contributed by atoms with E-state index in [1.165, 1.54) is 6.07 Å². The first-order valence-electron chi connectivity index (χ1n) is 5.96. The highest BCUT2D eigenvalue weighted by atomic mass is 16.4. The molecule has 98 valence electrons. The van der Waals surface area contributed by atoms with E-state index < -0.39 is 5.97 Å². The molecule has 0 unspecified atom stereocenters. The number of benzene rings is 1. The molecule has 18 heavy (non-hydrogen) atoms. The van der Waals surface area contributed by atoms with Crippen molar-refractivity contribution >= 4 is 17.3 Å². The van der Waals surface area contributed by atoms with Crippen LogP contribution >= 0.6 is 0 Å². The highest BCUT2D eigenvalue weighted by Gasteiger charge is 2.41. The van der Waals surface area contributed by atoms with Crippen LogP contribution in [-0.2, 0) is 0 Å². The van der Waals surface area contributed by atoms with E-state index >= 15 is 0 Å². The molecule has 0 aliphatic heterocycles. The Kier molecular flexibility index (Phi) is 3.17. The minimum Gasteiger partial charge on any atom is -0.478 e. The maximum atomic E-state index is 11.0. The lowest BCUT2D eigenvalue weighted by atomic mass is 10.1. The van der Waals surface area contributed by atoms with Crippen molar-refractivity contribution in [3.8, 4) is 0 Å². The fourth-order valence-corrected chi connectivity index (χ4v) is 1.93. The van der Waals surface area contributed by atoms with E-state index in [9.17, 15) is 9.90 Å². The number of rotatable bonds is 5. The molecule has 0 spiro atoms. The first-order chi connectivity index (χ1) is 8.47. The summed E-state index contributed by atoms with van der Waals surface area (Å²) in [5.74, 6) is -1.03. The van der Waals surface area contributed by atoms with E-state index in [0.717, 1.165) is 24.1 Å². The van der Waals surface area contributed by atoms with Crippen molar-refractivity contribution in [1.29, 1.82) is 0 Å². The van der Waals surface area contributed by atoms with E-state index in [0.29, 0.717) is 12.2 Å². The van der Waals surface area contributed by atoms with Gasteiger partial charge in [-0.25, -0.2) is 4.79 Å². The van der Waals surface area contributed by atoms with Gasteiger partial charge in [-0.05, 0) is 37.5 Å². The second-order valence-electron chi connectivity index (χ2n) is 5.07. The number of aryl methyl sites for hydroxylation is 1. The van der Waals surface area contributed by atoms with Crippen LogP contribution in [0.15, 0.2) is 12.1 Å². The maximum Gasteiger partial charge on any atom is 0.337 e. The number of hydrogen-bond acceptors (Lipinski definition) is 4. The lowest BCUT2D eigenvalue weighted by Gasteiger charge is -2.15. The predicted molar refractivity (Wildman–Crippen MR) is 69.8 cm³/mol. The number of nitrogens with two attached hydrogens (primary N) is 1. The Hall–Kier alpha value is -1.75. The average molecular weight is 250 g/mol. The molecule has 1 saturated carbocycles. The minimum absolute atomic E-state index is 0.0152. The standard InChI is InChI=1S/C13H18N2O3/c1-8-4-9(5-10(11(8)14)12(17)18)15-6-13(7-16)2-3-13/h4-5,15-16H,2-3,6-7,14H2,1H3,(H,17,18). The van der Waals surface area contributed by atoms with Gasteiger partial charge in [-0.2, -0.15) is 0 Å². The number of aliphatic hydroxyl groups is 1. The number of nitrogens with one attached hydrogen (secondary N) is 1. The number of anilines is 2. The molecule has 0 radical (unpaired) electrons. The van der Waals surface area contributed by atoms with Gasteiger partial charge in [-0.3, -0.25) is 0 Å². The van der Waals surface area contributed by atoms with Crippen molar-refractivity contribution < 1.29 is 15.0 Å². The van der Waals surface area contributed by atoms with Gasteiger partial charge in [-0.15, -0.1) is 0 Å². The second-order valence-corrected chi connectivity index (χ2v) is 5.07. The third kappa shape index (κ3) is 2.41. The van der Waals surface area contributed by atoms with Crippen LogP contribution in [0.2, 0.25) is 0 Å². The Bertz CT molecular complexity index is 481. The van der Waals surface area contributed by atoms with Gasteiger partial charge in [0.05, 0.1) is 12.2 Å². The number of carboxylic acids is 1. The van der Waals surface area contributed by atoms with Crippen LogP contribution < -0.4 is 11.1 Å². The number of carboxylic acid groups (broad SMARTS) is 1. The second kappa shape index (κ2) is 4.49. The Morgan fingerprint density at radius 1 is 1.50 bits per heavy atom. The summed E-state index contributed by atoms with van der Waals surface area (Å²) in [6.45, 7) is 2.61. The zero-order chi connectivity index (χ0) is 13.3. The first-order valence-corrected chi connectivity index (χ1v) is 5.96. The van der Waals surface area contributed by atoms with Crippen LogP contribution in [-0.4, -0.2) is 29.3 Å². The van der Waals surface area contributed by atoms with Crippen molar-refractivity contribution in [2.45, 2.75) is 19.8 Å². The van der Waals surface area contributed by atoms with Gasteiger partial charge in [0, 0.05) is 23.3 Å². The monoisotopic (exact) mass is 250 g/mol. The number of nitrogen functional groups attached to an aromatic ring is 1. The van der Waals surface area contributed by atoms with Crippen molar-refractivity contribution in [1.82, 2.24) is 0 Å². The molecular weight excluding hydrogens is 232 g/mol. The molecule has 0 atom stereocenters. The Labute approximate surface area is 106 Å². The molecule has 1 fully saturated rings. The summed E-state index contributed by atoms with van der Waals surface area (Å²) in [7, 11) is 0. The van der Waals surface area contributed by atoms with E-state index in [2.05, 4.69) is 5.32 Å². The van der Waals surface area contributed by atoms with Crippen LogP contribution in [0.25, 0.3) is 0 Å². The van der Waals surface area contributed by atoms with Crippen molar-refractivity contribution in [3.63, 3.8) is 0 Å². The average Bonchev–Trinajstić information content (AvgIpc) is 3.11. The van der Waals surface area contributed by atoms with Crippen LogP contribution in [0.1, 0.15) is 28.8 Å². The zero-order valence-electron chi connectivity index (χ0n) is 10.4. The molecule has 1 aromatic rings. The van der Waals surface area contributed by atoms with Crippen molar-refractivity contribution in [2.75, 3.05) is 24.2 Å². The molecule has 0 saturated heterocycles. The van der Waals surface area contributed by atoms with E-state index in [1.807, 2.05) is 6.07 Å². The first kappa shape index (κ1) is 12.7. The van der Waals surface area contributed by atoms with Gasteiger partial charge < -0.3 is 21.3 Å². The van der Waals surface area contributed by atoms with Gasteiger partial charge in [0.25, 0.3) is 0 Å². The molecule has 0 amide bonds.